The van der Waals surface area contributed by atoms with Crippen LogP contribution in [-0.4, -0.2) is 42.0 Å². The number of nitriles is 1. The number of piperidine rings is 1. The second kappa shape index (κ2) is 10.2. The van der Waals surface area contributed by atoms with Gasteiger partial charge in [0.15, 0.2) is 0 Å². The van der Waals surface area contributed by atoms with Crippen molar-refractivity contribution in [1.82, 2.24) is 15.6 Å². The van der Waals surface area contributed by atoms with Crippen molar-refractivity contribution in [3.63, 3.8) is 0 Å². The van der Waals surface area contributed by atoms with Crippen molar-refractivity contribution >= 4 is 17.6 Å². The summed E-state index contributed by atoms with van der Waals surface area (Å²) in [5.74, 6) is -0.294. The molecule has 0 radical (unpaired) electrons. The van der Waals surface area contributed by atoms with E-state index in [1.807, 2.05) is 19.9 Å². The van der Waals surface area contributed by atoms with Crippen LogP contribution in [0.25, 0.3) is 0 Å². The third-order valence-corrected chi connectivity index (χ3v) is 5.60. The first kappa shape index (κ1) is 23.2. The zero-order chi connectivity index (χ0) is 23.3. The second-order valence-corrected chi connectivity index (χ2v) is 8.25. The van der Waals surface area contributed by atoms with Crippen molar-refractivity contribution in [2.24, 2.45) is 0 Å². The highest BCUT2D eigenvalue weighted by Crippen LogP contribution is 2.25. The van der Waals surface area contributed by atoms with Crippen LogP contribution in [0.3, 0.4) is 0 Å². The first-order chi connectivity index (χ1) is 15.3. The molecule has 1 unspecified atom stereocenters. The number of carbonyl (C=O) groups is 2. The molecular weight excluding hydrogens is 409 g/mol. The molecule has 1 aliphatic rings. The van der Waals surface area contributed by atoms with Gasteiger partial charge in [0.25, 0.3) is 0 Å². The molecule has 3 rings (SSSR count). The predicted molar refractivity (Wildman–Crippen MR) is 120 cm³/mol. The van der Waals surface area contributed by atoms with E-state index in [4.69, 9.17) is 0 Å². The van der Waals surface area contributed by atoms with Gasteiger partial charge >= 0.3 is 0 Å². The molecule has 7 nitrogen and oxygen atoms in total. The number of amides is 2. The number of anilines is 1. The SMILES string of the molecule is CC(=O)NC(Cc1cccc(F)c1)C(=O)NC1CCN(c2nc(C)cc(C)c2C#N)CC1. The van der Waals surface area contributed by atoms with Crippen molar-refractivity contribution in [2.75, 3.05) is 18.0 Å². The first-order valence-electron chi connectivity index (χ1n) is 10.7. The smallest absolute Gasteiger partial charge is 0.243 e. The summed E-state index contributed by atoms with van der Waals surface area (Å²) in [6, 6.07) is 9.33. The number of benzene rings is 1. The van der Waals surface area contributed by atoms with Crippen LogP contribution in [0.2, 0.25) is 0 Å². The summed E-state index contributed by atoms with van der Waals surface area (Å²) < 4.78 is 13.5. The topological polar surface area (TPSA) is 98.1 Å². The Kier molecular flexibility index (Phi) is 7.41. The second-order valence-electron chi connectivity index (χ2n) is 8.25. The van der Waals surface area contributed by atoms with Gasteiger partial charge in [0.2, 0.25) is 11.8 Å². The summed E-state index contributed by atoms with van der Waals surface area (Å²) in [6.07, 6.45) is 1.59. The van der Waals surface area contributed by atoms with Crippen LogP contribution in [0.1, 0.15) is 42.1 Å². The number of aromatic nitrogens is 1. The minimum Gasteiger partial charge on any atom is -0.355 e. The summed E-state index contributed by atoms with van der Waals surface area (Å²) >= 11 is 0. The maximum Gasteiger partial charge on any atom is 0.243 e. The monoisotopic (exact) mass is 437 g/mol. The Morgan fingerprint density at radius 1 is 1.28 bits per heavy atom. The van der Waals surface area contributed by atoms with E-state index in [1.165, 1.54) is 19.1 Å². The molecule has 2 amide bonds. The van der Waals surface area contributed by atoms with Gasteiger partial charge in [-0.3, -0.25) is 9.59 Å². The molecule has 1 aliphatic heterocycles. The molecule has 1 aromatic carbocycles. The predicted octanol–water partition coefficient (Wildman–Crippen LogP) is 2.54. The van der Waals surface area contributed by atoms with Crippen LogP contribution in [0, 0.1) is 31.0 Å². The van der Waals surface area contributed by atoms with Crippen molar-refractivity contribution < 1.29 is 14.0 Å². The van der Waals surface area contributed by atoms with Gasteiger partial charge in [-0.25, -0.2) is 9.37 Å². The van der Waals surface area contributed by atoms with Crippen molar-refractivity contribution in [3.8, 4) is 6.07 Å². The lowest BCUT2D eigenvalue weighted by atomic mass is 10.0. The Morgan fingerprint density at radius 3 is 2.62 bits per heavy atom. The average Bonchev–Trinajstić information content (AvgIpc) is 2.73. The number of pyridine rings is 1. The lowest BCUT2D eigenvalue weighted by Gasteiger charge is -2.34. The minimum atomic E-state index is -0.779. The van der Waals surface area contributed by atoms with Crippen LogP contribution >= 0.6 is 0 Å². The van der Waals surface area contributed by atoms with E-state index in [1.54, 1.807) is 12.1 Å². The van der Waals surface area contributed by atoms with Crippen molar-refractivity contribution in [3.05, 3.63) is 58.5 Å². The van der Waals surface area contributed by atoms with Crippen LogP contribution < -0.4 is 15.5 Å². The molecule has 2 aromatic rings. The molecule has 1 aromatic heterocycles. The summed E-state index contributed by atoms with van der Waals surface area (Å²) in [7, 11) is 0. The molecule has 1 saturated heterocycles. The third-order valence-electron chi connectivity index (χ3n) is 5.60. The largest absolute Gasteiger partial charge is 0.355 e. The van der Waals surface area contributed by atoms with Crippen LogP contribution in [0.15, 0.2) is 30.3 Å². The molecule has 8 heteroatoms. The number of hydrogen-bond acceptors (Lipinski definition) is 5. The lowest BCUT2D eigenvalue weighted by Crippen LogP contribution is -2.52. The van der Waals surface area contributed by atoms with Gasteiger partial charge in [0.05, 0.1) is 5.56 Å². The number of nitrogens with one attached hydrogen (secondary N) is 2. The van der Waals surface area contributed by atoms with Gasteiger partial charge in [-0.1, -0.05) is 12.1 Å². The Morgan fingerprint density at radius 2 is 2.00 bits per heavy atom. The average molecular weight is 438 g/mol. The summed E-state index contributed by atoms with van der Waals surface area (Å²) in [4.78, 5) is 31.2. The van der Waals surface area contributed by atoms with Crippen LogP contribution in [-0.2, 0) is 16.0 Å². The highest BCUT2D eigenvalue weighted by molar-refractivity contribution is 5.87. The van der Waals surface area contributed by atoms with Crippen molar-refractivity contribution in [2.45, 2.75) is 52.1 Å². The number of nitrogens with zero attached hydrogens (tertiary/aromatic N) is 3. The number of halogens is 1. The minimum absolute atomic E-state index is 0.0565. The van der Waals surface area contributed by atoms with Crippen LogP contribution in [0.4, 0.5) is 10.2 Å². The van der Waals surface area contributed by atoms with Gasteiger partial charge in [-0.2, -0.15) is 5.26 Å². The highest BCUT2D eigenvalue weighted by Gasteiger charge is 2.27. The quantitative estimate of drug-likeness (QED) is 0.724. The standard InChI is InChI=1S/C24H28FN5O2/c1-15-11-16(2)27-23(21(15)14-26)30-9-7-20(8-10-30)29-24(32)22(28-17(3)31)13-18-5-4-6-19(25)12-18/h4-6,11-12,20,22H,7-10,13H2,1-3H3,(H,28,31)(H,29,32). The molecule has 168 valence electrons. The van der Waals surface area contributed by atoms with E-state index in [9.17, 15) is 19.2 Å². The van der Waals surface area contributed by atoms with Gasteiger partial charge in [0.1, 0.15) is 23.7 Å². The maximum absolute atomic E-state index is 13.5. The normalized spacial score (nSPS) is 15.0. The summed E-state index contributed by atoms with van der Waals surface area (Å²) in [5.41, 5.74) is 2.99. The zero-order valence-corrected chi connectivity index (χ0v) is 18.6. The maximum atomic E-state index is 13.5. The van der Waals surface area contributed by atoms with E-state index < -0.39 is 6.04 Å². The molecule has 32 heavy (non-hydrogen) atoms. The van der Waals surface area contributed by atoms with E-state index in [2.05, 4.69) is 26.6 Å². The molecule has 2 heterocycles. The van der Waals surface area contributed by atoms with Crippen LogP contribution in [0.5, 0.6) is 0 Å². The molecule has 1 atom stereocenters. The van der Waals surface area contributed by atoms with Gasteiger partial charge in [0, 0.05) is 38.2 Å². The number of carbonyl (C=O) groups excluding carboxylic acids is 2. The molecular formula is C24H28FN5O2. The number of hydrogen-bond donors (Lipinski definition) is 2. The lowest BCUT2D eigenvalue weighted by molar-refractivity contribution is -0.128. The fourth-order valence-corrected chi connectivity index (χ4v) is 4.08. The Hall–Kier alpha value is -3.47. The Labute approximate surface area is 187 Å². The fraction of sp³-hybridized carbons (Fsp3) is 0.417. The highest BCUT2D eigenvalue weighted by atomic mass is 19.1. The Balaban J connectivity index is 1.63. The zero-order valence-electron chi connectivity index (χ0n) is 18.6. The summed E-state index contributed by atoms with van der Waals surface area (Å²) in [6.45, 7) is 6.48. The molecule has 1 fully saturated rings. The molecule has 0 bridgehead atoms. The van der Waals surface area contributed by atoms with E-state index in [-0.39, 0.29) is 30.1 Å². The Bertz CT molecular complexity index is 1040. The van der Waals surface area contributed by atoms with E-state index >= 15 is 0 Å². The van der Waals surface area contributed by atoms with Gasteiger partial charge in [-0.15, -0.1) is 0 Å². The first-order valence-corrected chi connectivity index (χ1v) is 10.7. The van der Waals surface area contributed by atoms with Gasteiger partial charge < -0.3 is 15.5 Å². The summed E-state index contributed by atoms with van der Waals surface area (Å²) in [5, 5.41) is 15.2. The van der Waals surface area contributed by atoms with Crippen molar-refractivity contribution in [1.29, 1.82) is 5.26 Å². The number of aryl methyl sites for hydroxylation is 2. The molecule has 0 saturated carbocycles. The third kappa shape index (κ3) is 5.82. The molecule has 0 spiro atoms. The van der Waals surface area contributed by atoms with Gasteiger partial charge in [-0.05, 0) is 56.0 Å². The van der Waals surface area contributed by atoms with E-state index in [0.717, 1.165) is 11.3 Å². The molecule has 0 aliphatic carbocycles. The fourth-order valence-electron chi connectivity index (χ4n) is 4.08. The number of rotatable bonds is 6. The van der Waals surface area contributed by atoms with E-state index in [0.29, 0.717) is 42.9 Å². The molecule has 2 N–H and O–H groups in total.